The first-order valence-electron chi connectivity index (χ1n) is 2.76. The molecule has 0 saturated carbocycles. The number of piperazine rings is 1. The Morgan fingerprint density at radius 1 is 1.62 bits per heavy atom. The summed E-state index contributed by atoms with van der Waals surface area (Å²) in [6.45, 7) is 5.23. The van der Waals surface area contributed by atoms with Gasteiger partial charge in [-0.2, -0.15) is 0 Å². The molecule has 1 heterocycles. The Morgan fingerprint density at radius 2 is 2.38 bits per heavy atom. The molecule has 0 aromatic carbocycles. The van der Waals surface area contributed by atoms with Crippen molar-refractivity contribution in [3.8, 4) is 0 Å². The van der Waals surface area contributed by atoms with Crippen molar-refractivity contribution in [2.24, 2.45) is 0 Å². The van der Waals surface area contributed by atoms with E-state index in [-0.39, 0.29) is 21.1 Å². The fourth-order valence-corrected chi connectivity index (χ4v) is 0.739. The van der Waals surface area contributed by atoms with Gasteiger partial charge in [0.05, 0.1) is 0 Å². The van der Waals surface area contributed by atoms with Crippen LogP contribution >= 0.6 is 0 Å². The summed E-state index contributed by atoms with van der Waals surface area (Å²) in [6, 6.07) is 0.619. The van der Waals surface area contributed by atoms with Crippen LogP contribution in [0.5, 0.6) is 0 Å². The number of hydrogen-bond acceptors (Lipinski definition) is 1. The van der Waals surface area contributed by atoms with Crippen LogP contribution in [0.25, 0.3) is 5.32 Å². The minimum absolute atomic E-state index is 0. The maximum absolute atomic E-state index is 4.20. The van der Waals surface area contributed by atoms with E-state index in [1.54, 1.807) is 0 Å². The summed E-state index contributed by atoms with van der Waals surface area (Å²) in [5.41, 5.74) is 0. The van der Waals surface area contributed by atoms with Crippen molar-refractivity contribution in [2.45, 2.75) is 13.0 Å². The minimum atomic E-state index is 0. The molecule has 0 aromatic rings. The molecule has 1 N–H and O–H groups in total. The van der Waals surface area contributed by atoms with Gasteiger partial charge in [0, 0.05) is 21.1 Å². The molecule has 0 aromatic heterocycles. The second-order valence-corrected chi connectivity index (χ2v) is 1.98. The van der Waals surface area contributed by atoms with Gasteiger partial charge in [-0.1, -0.05) is 6.92 Å². The summed E-state index contributed by atoms with van der Waals surface area (Å²) in [4.78, 5) is 0. The zero-order valence-corrected chi connectivity index (χ0v) is 7.99. The molecule has 0 amide bonds. The van der Waals surface area contributed by atoms with Crippen molar-refractivity contribution >= 4 is 0 Å². The second-order valence-electron chi connectivity index (χ2n) is 1.98. The van der Waals surface area contributed by atoms with E-state index < -0.39 is 0 Å². The molecule has 2 nitrogen and oxygen atoms in total. The van der Waals surface area contributed by atoms with E-state index in [0.29, 0.717) is 6.04 Å². The van der Waals surface area contributed by atoms with Gasteiger partial charge in [-0.25, -0.2) is 0 Å². The molecule has 0 bridgehead atoms. The molecule has 0 aliphatic carbocycles. The number of nitrogens with zero attached hydrogens (tertiary/aromatic N) is 1. The Kier molecular flexibility index (Phi) is 4.82. The molecular weight excluding hydrogens is 272 g/mol. The molecule has 0 radical (unpaired) electrons. The zero-order valence-electron chi connectivity index (χ0n) is 5.05. The van der Waals surface area contributed by atoms with E-state index in [1.807, 2.05) is 0 Å². The third-order valence-electron chi connectivity index (χ3n) is 1.17. The van der Waals surface area contributed by atoms with Gasteiger partial charge in [-0.05, 0) is 12.6 Å². The van der Waals surface area contributed by atoms with Crippen LogP contribution in [0.1, 0.15) is 6.92 Å². The van der Waals surface area contributed by atoms with Gasteiger partial charge < -0.3 is 10.6 Å². The molecule has 1 saturated heterocycles. The van der Waals surface area contributed by atoms with E-state index >= 15 is 0 Å². The van der Waals surface area contributed by atoms with Gasteiger partial charge in [0.1, 0.15) is 0 Å². The predicted molar refractivity (Wildman–Crippen MR) is 30.6 cm³/mol. The van der Waals surface area contributed by atoms with Crippen molar-refractivity contribution < 1.29 is 21.1 Å². The Labute approximate surface area is 64.7 Å². The smallest absolute Gasteiger partial charge is 0 e. The first-order chi connectivity index (χ1) is 3.39. The summed E-state index contributed by atoms with van der Waals surface area (Å²) in [6.07, 6.45) is 0. The first-order valence-corrected chi connectivity index (χ1v) is 2.76. The van der Waals surface area contributed by atoms with Crippen LogP contribution in [-0.4, -0.2) is 25.7 Å². The largest absolute Gasteiger partial charge is 0.660 e. The van der Waals surface area contributed by atoms with E-state index in [9.17, 15) is 0 Å². The molecule has 1 aliphatic heterocycles. The van der Waals surface area contributed by atoms with Crippen molar-refractivity contribution in [2.75, 3.05) is 19.6 Å². The van der Waals surface area contributed by atoms with Crippen LogP contribution in [0.3, 0.4) is 0 Å². The second kappa shape index (κ2) is 4.48. The third kappa shape index (κ3) is 2.80. The van der Waals surface area contributed by atoms with Crippen molar-refractivity contribution in [3.63, 3.8) is 0 Å². The van der Waals surface area contributed by atoms with Gasteiger partial charge in [-0.3, -0.25) is 0 Å². The van der Waals surface area contributed by atoms with Crippen LogP contribution in [0, 0.1) is 0 Å². The summed E-state index contributed by atoms with van der Waals surface area (Å²) in [5.74, 6) is 0. The fraction of sp³-hybridized carbons (Fsp3) is 1.00. The molecule has 0 spiro atoms. The summed E-state index contributed by atoms with van der Waals surface area (Å²) < 4.78 is 0. The molecule has 1 fully saturated rings. The molecule has 3 heteroatoms. The fourth-order valence-electron chi connectivity index (χ4n) is 0.739. The van der Waals surface area contributed by atoms with Crippen molar-refractivity contribution in [3.05, 3.63) is 5.32 Å². The first kappa shape index (κ1) is 8.61. The van der Waals surface area contributed by atoms with Gasteiger partial charge in [-0.15, -0.1) is 13.1 Å². The number of hydrogen-bond donors (Lipinski definition) is 1. The van der Waals surface area contributed by atoms with Gasteiger partial charge in [0.2, 0.25) is 0 Å². The van der Waals surface area contributed by atoms with Crippen LogP contribution in [-0.2, 0) is 21.1 Å². The average Bonchev–Trinajstić information content (AvgIpc) is 1.69. The quantitative estimate of drug-likeness (QED) is 0.682. The van der Waals surface area contributed by atoms with Gasteiger partial charge >= 0.3 is 0 Å². The van der Waals surface area contributed by atoms with Gasteiger partial charge in [0.25, 0.3) is 0 Å². The molecule has 48 valence electrons. The summed E-state index contributed by atoms with van der Waals surface area (Å²) >= 11 is 0. The minimum Gasteiger partial charge on any atom is -0.660 e. The van der Waals surface area contributed by atoms with E-state index in [1.165, 1.54) is 0 Å². The van der Waals surface area contributed by atoms with Crippen LogP contribution in [0.15, 0.2) is 0 Å². The molecule has 1 unspecified atom stereocenters. The molecule has 1 atom stereocenters. The number of rotatable bonds is 0. The third-order valence-corrected chi connectivity index (χ3v) is 1.17. The summed E-state index contributed by atoms with van der Waals surface area (Å²) in [7, 11) is 0. The molecular formula is C5H11N2W-. The van der Waals surface area contributed by atoms with Crippen molar-refractivity contribution in [1.82, 2.24) is 5.32 Å². The van der Waals surface area contributed by atoms with Gasteiger partial charge in [0.15, 0.2) is 0 Å². The monoisotopic (exact) mass is 283 g/mol. The Balaban J connectivity index is 0.000000490. The molecule has 1 rings (SSSR count). The van der Waals surface area contributed by atoms with Crippen LogP contribution in [0.2, 0.25) is 0 Å². The van der Waals surface area contributed by atoms with E-state index in [2.05, 4.69) is 17.6 Å². The summed E-state index contributed by atoms with van der Waals surface area (Å²) in [5, 5.41) is 7.48. The Morgan fingerprint density at radius 3 is 2.62 bits per heavy atom. The van der Waals surface area contributed by atoms with Crippen LogP contribution in [0.4, 0.5) is 0 Å². The topological polar surface area (TPSA) is 26.1 Å². The zero-order chi connectivity index (χ0) is 5.11. The Bertz CT molecular complexity index is 52.4. The SMILES string of the molecule is CC1C[N-]CCN1.[W]. The van der Waals surface area contributed by atoms with Crippen molar-refractivity contribution in [1.29, 1.82) is 0 Å². The maximum Gasteiger partial charge on any atom is 0 e. The standard InChI is InChI=1S/C5H11N2.W/c1-5-4-6-2-3-7-5;/h5,7H,2-4H2,1H3;/q-1;. The van der Waals surface area contributed by atoms with E-state index in [4.69, 9.17) is 0 Å². The normalized spacial score (nSPS) is 28.9. The predicted octanol–water partition coefficient (Wildman–Crippen LogP) is 0.349. The Hall–Kier alpha value is 0.608. The molecule has 1 aliphatic rings. The van der Waals surface area contributed by atoms with Crippen LogP contribution < -0.4 is 5.32 Å². The number of nitrogens with one attached hydrogen (secondary N) is 1. The molecule has 8 heavy (non-hydrogen) atoms. The maximum atomic E-state index is 4.20. The van der Waals surface area contributed by atoms with E-state index in [0.717, 1.165) is 19.6 Å². The average molecular weight is 283 g/mol.